The standard InChI is InChI=1S/C13H25NO2/c1-9(2)8-14-12(13(15)16)11-6-4-10(3)5-7-11/h9-12,14H,4-8H2,1-3H3,(H,15,16). The maximum Gasteiger partial charge on any atom is 0.320 e. The van der Waals surface area contributed by atoms with Gasteiger partial charge in [0, 0.05) is 0 Å². The molecule has 1 rings (SSSR count). The molecule has 1 atom stereocenters. The third-order valence-corrected chi connectivity index (χ3v) is 3.54. The predicted molar refractivity (Wildman–Crippen MR) is 65.4 cm³/mol. The zero-order chi connectivity index (χ0) is 12.1. The maximum atomic E-state index is 11.2. The zero-order valence-corrected chi connectivity index (χ0v) is 10.7. The quantitative estimate of drug-likeness (QED) is 0.758. The van der Waals surface area contributed by atoms with Gasteiger partial charge in [0.2, 0.25) is 0 Å². The molecule has 0 aliphatic heterocycles. The minimum atomic E-state index is -0.680. The van der Waals surface area contributed by atoms with Crippen LogP contribution < -0.4 is 5.32 Å². The molecular formula is C13H25NO2. The van der Waals surface area contributed by atoms with Crippen LogP contribution in [0.5, 0.6) is 0 Å². The van der Waals surface area contributed by atoms with Crippen molar-refractivity contribution >= 4 is 5.97 Å². The Bertz CT molecular complexity index is 220. The number of carboxylic acid groups (broad SMARTS) is 1. The largest absolute Gasteiger partial charge is 0.480 e. The Labute approximate surface area is 98.6 Å². The van der Waals surface area contributed by atoms with Gasteiger partial charge >= 0.3 is 5.97 Å². The van der Waals surface area contributed by atoms with Gasteiger partial charge in [-0.2, -0.15) is 0 Å². The molecule has 0 aromatic carbocycles. The molecular weight excluding hydrogens is 202 g/mol. The molecule has 0 aromatic heterocycles. The summed E-state index contributed by atoms with van der Waals surface area (Å²) in [5.41, 5.74) is 0. The number of carbonyl (C=O) groups is 1. The topological polar surface area (TPSA) is 49.3 Å². The SMILES string of the molecule is CC(C)CNC(C(=O)O)C1CCC(C)CC1. The monoisotopic (exact) mass is 227 g/mol. The predicted octanol–water partition coefficient (Wildman–Crippen LogP) is 2.51. The molecule has 0 bridgehead atoms. The van der Waals surface area contributed by atoms with Crippen LogP contribution in [0.2, 0.25) is 0 Å². The van der Waals surface area contributed by atoms with E-state index in [4.69, 9.17) is 0 Å². The van der Waals surface area contributed by atoms with Crippen LogP contribution in [0.15, 0.2) is 0 Å². The van der Waals surface area contributed by atoms with E-state index >= 15 is 0 Å². The summed E-state index contributed by atoms with van der Waals surface area (Å²) < 4.78 is 0. The molecule has 1 saturated carbocycles. The van der Waals surface area contributed by atoms with Crippen LogP contribution in [-0.2, 0) is 4.79 Å². The zero-order valence-electron chi connectivity index (χ0n) is 10.7. The van der Waals surface area contributed by atoms with Gasteiger partial charge in [-0.05, 0) is 37.1 Å². The molecule has 1 aliphatic carbocycles. The molecule has 0 saturated heterocycles. The lowest BCUT2D eigenvalue weighted by atomic mass is 9.79. The first kappa shape index (κ1) is 13.5. The highest BCUT2D eigenvalue weighted by Gasteiger charge is 2.30. The molecule has 3 heteroatoms. The van der Waals surface area contributed by atoms with Crippen LogP contribution in [0.4, 0.5) is 0 Å². The molecule has 0 aromatic rings. The van der Waals surface area contributed by atoms with Gasteiger partial charge in [0.05, 0.1) is 0 Å². The fourth-order valence-corrected chi connectivity index (χ4v) is 2.44. The van der Waals surface area contributed by atoms with Crippen LogP contribution in [-0.4, -0.2) is 23.7 Å². The molecule has 2 N–H and O–H groups in total. The first-order valence-corrected chi connectivity index (χ1v) is 6.47. The third kappa shape index (κ3) is 4.12. The van der Waals surface area contributed by atoms with Crippen molar-refractivity contribution in [3.8, 4) is 0 Å². The number of carboxylic acids is 1. The van der Waals surface area contributed by atoms with Crippen LogP contribution >= 0.6 is 0 Å². The number of hydrogen-bond acceptors (Lipinski definition) is 2. The maximum absolute atomic E-state index is 11.2. The van der Waals surface area contributed by atoms with E-state index in [9.17, 15) is 9.90 Å². The van der Waals surface area contributed by atoms with Gasteiger partial charge in [0.1, 0.15) is 6.04 Å². The fraction of sp³-hybridized carbons (Fsp3) is 0.923. The van der Waals surface area contributed by atoms with Gasteiger partial charge in [0.15, 0.2) is 0 Å². The summed E-state index contributed by atoms with van der Waals surface area (Å²) in [7, 11) is 0. The molecule has 0 spiro atoms. The molecule has 1 fully saturated rings. The Morgan fingerprint density at radius 1 is 1.31 bits per heavy atom. The molecule has 94 valence electrons. The van der Waals surface area contributed by atoms with Crippen LogP contribution in [0.25, 0.3) is 0 Å². The van der Waals surface area contributed by atoms with Crippen molar-refractivity contribution in [1.82, 2.24) is 5.32 Å². The normalized spacial score (nSPS) is 28.0. The molecule has 3 nitrogen and oxygen atoms in total. The Morgan fingerprint density at radius 3 is 2.31 bits per heavy atom. The van der Waals surface area contributed by atoms with Crippen LogP contribution in [0, 0.1) is 17.8 Å². The van der Waals surface area contributed by atoms with E-state index in [1.807, 2.05) is 0 Å². The summed E-state index contributed by atoms with van der Waals surface area (Å²) in [5, 5.41) is 12.4. The molecule has 16 heavy (non-hydrogen) atoms. The van der Waals surface area contributed by atoms with Gasteiger partial charge in [0.25, 0.3) is 0 Å². The Morgan fingerprint density at radius 2 is 1.88 bits per heavy atom. The van der Waals surface area contributed by atoms with Gasteiger partial charge in [-0.1, -0.05) is 33.6 Å². The first-order valence-electron chi connectivity index (χ1n) is 6.47. The molecule has 0 heterocycles. The highest BCUT2D eigenvalue weighted by molar-refractivity contribution is 5.73. The lowest BCUT2D eigenvalue weighted by molar-refractivity contribution is -0.141. The van der Waals surface area contributed by atoms with Crippen molar-refractivity contribution < 1.29 is 9.90 Å². The summed E-state index contributed by atoms with van der Waals surface area (Å²) in [4.78, 5) is 11.2. The Balaban J connectivity index is 2.46. The summed E-state index contributed by atoms with van der Waals surface area (Å²) in [6.07, 6.45) is 4.47. The molecule has 1 aliphatic rings. The van der Waals surface area contributed by atoms with E-state index in [0.717, 1.165) is 25.3 Å². The van der Waals surface area contributed by atoms with E-state index in [1.165, 1.54) is 12.8 Å². The highest BCUT2D eigenvalue weighted by atomic mass is 16.4. The summed E-state index contributed by atoms with van der Waals surface area (Å²) in [6.45, 7) is 7.26. The van der Waals surface area contributed by atoms with E-state index in [2.05, 4.69) is 26.1 Å². The smallest absolute Gasteiger partial charge is 0.320 e. The average molecular weight is 227 g/mol. The number of rotatable bonds is 5. The Hall–Kier alpha value is -0.570. The molecule has 1 unspecified atom stereocenters. The highest BCUT2D eigenvalue weighted by Crippen LogP contribution is 2.30. The van der Waals surface area contributed by atoms with E-state index in [1.54, 1.807) is 0 Å². The van der Waals surface area contributed by atoms with E-state index in [-0.39, 0.29) is 6.04 Å². The van der Waals surface area contributed by atoms with Crippen LogP contribution in [0.3, 0.4) is 0 Å². The lowest BCUT2D eigenvalue weighted by Crippen LogP contribution is -2.45. The lowest BCUT2D eigenvalue weighted by Gasteiger charge is -2.31. The number of aliphatic carboxylic acids is 1. The van der Waals surface area contributed by atoms with E-state index < -0.39 is 5.97 Å². The van der Waals surface area contributed by atoms with Crippen molar-refractivity contribution in [2.45, 2.75) is 52.5 Å². The van der Waals surface area contributed by atoms with Gasteiger partial charge in [-0.25, -0.2) is 0 Å². The first-order chi connectivity index (χ1) is 7.50. The average Bonchev–Trinajstić information content (AvgIpc) is 2.20. The van der Waals surface area contributed by atoms with Crippen LogP contribution in [0.1, 0.15) is 46.5 Å². The second kappa shape index (κ2) is 6.24. The van der Waals surface area contributed by atoms with Crippen molar-refractivity contribution in [3.63, 3.8) is 0 Å². The molecule has 0 radical (unpaired) electrons. The second-order valence-corrected chi connectivity index (χ2v) is 5.64. The van der Waals surface area contributed by atoms with E-state index in [0.29, 0.717) is 11.8 Å². The number of hydrogen-bond donors (Lipinski definition) is 2. The second-order valence-electron chi connectivity index (χ2n) is 5.64. The molecule has 0 amide bonds. The van der Waals surface area contributed by atoms with Crippen molar-refractivity contribution in [2.24, 2.45) is 17.8 Å². The summed E-state index contributed by atoms with van der Waals surface area (Å²) >= 11 is 0. The van der Waals surface area contributed by atoms with Gasteiger partial charge in [-0.15, -0.1) is 0 Å². The third-order valence-electron chi connectivity index (χ3n) is 3.54. The summed E-state index contributed by atoms with van der Waals surface area (Å²) in [5.74, 6) is 0.924. The minimum absolute atomic E-state index is 0.326. The minimum Gasteiger partial charge on any atom is -0.480 e. The van der Waals surface area contributed by atoms with Crippen molar-refractivity contribution in [3.05, 3.63) is 0 Å². The number of nitrogens with one attached hydrogen (secondary N) is 1. The van der Waals surface area contributed by atoms with Gasteiger partial charge in [-0.3, -0.25) is 4.79 Å². The van der Waals surface area contributed by atoms with Gasteiger partial charge < -0.3 is 10.4 Å². The van der Waals surface area contributed by atoms with Crippen molar-refractivity contribution in [1.29, 1.82) is 0 Å². The Kier molecular flexibility index (Phi) is 5.26. The summed E-state index contributed by atoms with van der Waals surface area (Å²) in [6, 6.07) is -0.338. The van der Waals surface area contributed by atoms with Crippen molar-refractivity contribution in [2.75, 3.05) is 6.54 Å². The fourth-order valence-electron chi connectivity index (χ4n) is 2.44.